The van der Waals surface area contributed by atoms with E-state index in [1.54, 1.807) is 0 Å². The lowest BCUT2D eigenvalue weighted by molar-refractivity contribution is -0.122. The molecule has 0 saturated heterocycles. The van der Waals surface area contributed by atoms with Crippen LogP contribution in [-0.2, 0) is 27.4 Å². The minimum Gasteiger partial charge on any atom is -0.380 e. The number of carbonyl (C=O) groups excluding carboxylic acids is 2. The van der Waals surface area contributed by atoms with Gasteiger partial charge in [0.25, 0.3) is 11.8 Å². The highest BCUT2D eigenvalue weighted by atomic mass is 16.5. The van der Waals surface area contributed by atoms with E-state index in [-0.39, 0.29) is 11.8 Å². The summed E-state index contributed by atoms with van der Waals surface area (Å²) in [5, 5.41) is 4.47. The first-order valence-electron chi connectivity index (χ1n) is 11.9. The van der Waals surface area contributed by atoms with E-state index in [9.17, 15) is 9.59 Å². The average molecular weight is 471 g/mol. The Balaban J connectivity index is 0.000000591. The number of rotatable bonds is 0. The fraction of sp³-hybridized carbons (Fsp3) is 0.286. The van der Waals surface area contributed by atoms with E-state index >= 15 is 0 Å². The summed E-state index contributed by atoms with van der Waals surface area (Å²) in [5.74, 6) is -0.682. The molecule has 0 aliphatic carbocycles. The van der Waals surface area contributed by atoms with E-state index in [4.69, 9.17) is 4.74 Å². The molecule has 2 aromatic carbocycles. The predicted molar refractivity (Wildman–Crippen MR) is 139 cm³/mol. The lowest BCUT2D eigenvalue weighted by Crippen LogP contribution is -2.22. The molecule has 7 nitrogen and oxygen atoms in total. The van der Waals surface area contributed by atoms with Crippen molar-refractivity contribution < 1.29 is 14.3 Å². The Labute approximate surface area is 204 Å². The summed E-state index contributed by atoms with van der Waals surface area (Å²) in [4.78, 5) is 28.1. The van der Waals surface area contributed by atoms with Crippen molar-refractivity contribution in [1.29, 1.82) is 0 Å². The number of aryl methyl sites for hydroxylation is 1. The van der Waals surface area contributed by atoms with Gasteiger partial charge in [0.05, 0.1) is 17.8 Å². The van der Waals surface area contributed by atoms with Crippen LogP contribution in [0.5, 0.6) is 0 Å². The zero-order chi connectivity index (χ0) is 24.5. The molecule has 0 saturated carbocycles. The van der Waals surface area contributed by atoms with Gasteiger partial charge in [0.2, 0.25) is 0 Å². The first kappa shape index (κ1) is 23.1. The van der Waals surface area contributed by atoms with Crippen molar-refractivity contribution in [3.63, 3.8) is 0 Å². The summed E-state index contributed by atoms with van der Waals surface area (Å²) in [5.41, 5.74) is 4.55. The van der Waals surface area contributed by atoms with Gasteiger partial charge in [-0.1, -0.05) is 36.4 Å². The van der Waals surface area contributed by atoms with Crippen molar-refractivity contribution in [2.45, 2.75) is 19.5 Å². The van der Waals surface area contributed by atoms with Crippen LogP contribution in [0, 0.1) is 0 Å². The Kier molecular flexibility index (Phi) is 6.28. The van der Waals surface area contributed by atoms with Gasteiger partial charge >= 0.3 is 0 Å². The molecule has 4 aromatic rings. The van der Waals surface area contributed by atoms with E-state index in [0.717, 1.165) is 45.9 Å². The highest BCUT2D eigenvalue weighted by molar-refractivity contribution is 6.50. The van der Waals surface area contributed by atoms with Crippen LogP contribution in [0.15, 0.2) is 60.9 Å². The molecule has 1 N–H and O–H groups in total. The number of amides is 2. The maximum absolute atomic E-state index is 13.0. The second-order valence-electron chi connectivity index (χ2n) is 9.35. The molecule has 4 heterocycles. The van der Waals surface area contributed by atoms with Crippen LogP contribution in [-0.4, -0.2) is 60.2 Å². The third-order valence-electron chi connectivity index (χ3n) is 6.21. The number of nitrogens with zero attached hydrogens (tertiary/aromatic N) is 3. The number of benzene rings is 2. The first-order valence-corrected chi connectivity index (χ1v) is 11.9. The molecule has 4 bridgehead atoms. The molecule has 0 atom stereocenters. The maximum atomic E-state index is 13.0. The second kappa shape index (κ2) is 9.52. The van der Waals surface area contributed by atoms with Crippen LogP contribution < -0.4 is 5.32 Å². The van der Waals surface area contributed by atoms with Crippen LogP contribution >= 0.6 is 0 Å². The fourth-order valence-corrected chi connectivity index (χ4v) is 4.83. The van der Waals surface area contributed by atoms with Gasteiger partial charge < -0.3 is 18.8 Å². The Hall–Kier alpha value is -3.68. The van der Waals surface area contributed by atoms with E-state index in [2.05, 4.69) is 20.5 Å². The molecule has 0 fully saturated rings. The first-order chi connectivity index (χ1) is 17.0. The van der Waals surface area contributed by atoms with Gasteiger partial charge in [0, 0.05) is 65.0 Å². The third kappa shape index (κ3) is 4.29. The Morgan fingerprint density at radius 2 is 1.23 bits per heavy atom. The summed E-state index contributed by atoms with van der Waals surface area (Å²) in [7, 11) is 6.00. The molecule has 2 aliphatic rings. The number of nitrogens with one attached hydrogen (secondary N) is 1. The summed E-state index contributed by atoms with van der Waals surface area (Å²) in [6.45, 7) is 2.73. The normalized spacial score (nSPS) is 16.2. The quantitative estimate of drug-likeness (QED) is 0.398. The second-order valence-corrected chi connectivity index (χ2v) is 9.35. The topological polar surface area (TPSA) is 68.5 Å². The summed E-state index contributed by atoms with van der Waals surface area (Å²) in [6.07, 6.45) is 4.85. The van der Waals surface area contributed by atoms with Crippen LogP contribution in [0.25, 0.3) is 33.0 Å². The van der Waals surface area contributed by atoms with Gasteiger partial charge in [-0.15, -0.1) is 0 Å². The third-order valence-corrected chi connectivity index (χ3v) is 6.21. The number of hydrogen-bond acceptors (Lipinski definition) is 4. The number of aromatic nitrogens is 2. The number of fused-ring (bicyclic) bond motifs is 12. The molecular formula is C28H30N4O3. The predicted octanol–water partition coefficient (Wildman–Crippen LogP) is 3.76. The monoisotopic (exact) mass is 470 g/mol. The summed E-state index contributed by atoms with van der Waals surface area (Å²) < 4.78 is 10.2. The van der Waals surface area contributed by atoms with Crippen molar-refractivity contribution in [3.05, 3.63) is 72.1 Å². The number of hydrogen-bond donors (Lipinski definition) is 1. The zero-order valence-electron chi connectivity index (χ0n) is 20.4. The van der Waals surface area contributed by atoms with Crippen molar-refractivity contribution in [3.8, 4) is 0 Å². The maximum Gasteiger partial charge on any atom is 0.259 e. The highest BCUT2D eigenvalue weighted by Gasteiger charge is 2.35. The van der Waals surface area contributed by atoms with Crippen molar-refractivity contribution >= 4 is 44.8 Å². The van der Waals surface area contributed by atoms with Gasteiger partial charge in [-0.2, -0.15) is 0 Å². The molecule has 2 aliphatic heterocycles. The van der Waals surface area contributed by atoms with Gasteiger partial charge in [-0.3, -0.25) is 14.9 Å². The largest absolute Gasteiger partial charge is 0.380 e. The van der Waals surface area contributed by atoms with Gasteiger partial charge in [-0.25, -0.2) is 0 Å². The standard InChI is InChI=1S/C25H21N3O3.C3H9N/c29-24-22-18-14-27(20-8-3-1-6-16(18)20)10-5-12-31-13-11-28-15-19(23(22)25(30)26-24)17-7-2-4-9-21(17)28;1-4(2)3/h1-4,6-9,14-15H,5,10-13H2,(H,26,29,30);1-3H3. The Morgan fingerprint density at radius 1 is 0.743 bits per heavy atom. The molecule has 2 amide bonds. The minimum atomic E-state index is -0.344. The van der Waals surface area contributed by atoms with Crippen LogP contribution in [0.4, 0.5) is 0 Å². The number of carbonyl (C=O) groups is 2. The van der Waals surface area contributed by atoms with Crippen LogP contribution in [0.1, 0.15) is 17.5 Å². The summed E-state index contributed by atoms with van der Waals surface area (Å²) >= 11 is 0. The lowest BCUT2D eigenvalue weighted by Gasteiger charge is -2.08. The molecule has 180 valence electrons. The Bertz CT molecular complexity index is 1350. The average Bonchev–Trinajstić information content (AvgIpc) is 3.46. The SMILES string of the molecule is CN(C)C.O=C1NC(=O)C2=C1c1cn(c3ccccc13)CCCOCCn1cc2c2ccccc21. The molecule has 35 heavy (non-hydrogen) atoms. The zero-order valence-corrected chi connectivity index (χ0v) is 20.4. The number of para-hydroxylation sites is 2. The van der Waals surface area contributed by atoms with Gasteiger partial charge in [0.1, 0.15) is 0 Å². The van der Waals surface area contributed by atoms with E-state index in [1.807, 2.05) is 80.9 Å². The van der Waals surface area contributed by atoms with E-state index in [0.29, 0.717) is 30.9 Å². The lowest BCUT2D eigenvalue weighted by atomic mass is 9.95. The molecule has 0 radical (unpaired) electrons. The Morgan fingerprint density at radius 3 is 1.77 bits per heavy atom. The number of ether oxygens (including phenoxy) is 1. The van der Waals surface area contributed by atoms with Crippen molar-refractivity contribution in [2.75, 3.05) is 34.4 Å². The summed E-state index contributed by atoms with van der Waals surface area (Å²) in [6, 6.07) is 16.0. The van der Waals surface area contributed by atoms with Crippen molar-refractivity contribution in [2.24, 2.45) is 0 Å². The van der Waals surface area contributed by atoms with Gasteiger partial charge in [0.15, 0.2) is 0 Å². The molecule has 0 unspecified atom stereocenters. The van der Waals surface area contributed by atoms with E-state index in [1.165, 1.54) is 0 Å². The smallest absolute Gasteiger partial charge is 0.259 e. The molecule has 6 rings (SSSR count). The highest BCUT2D eigenvalue weighted by Crippen LogP contribution is 2.39. The number of imide groups is 1. The molecule has 0 spiro atoms. The van der Waals surface area contributed by atoms with E-state index < -0.39 is 0 Å². The van der Waals surface area contributed by atoms with Gasteiger partial charge in [-0.05, 0) is 39.7 Å². The minimum absolute atomic E-state index is 0.338. The van der Waals surface area contributed by atoms with Crippen LogP contribution in [0.3, 0.4) is 0 Å². The molecule has 2 aromatic heterocycles. The van der Waals surface area contributed by atoms with Crippen LogP contribution in [0.2, 0.25) is 0 Å². The molecular weight excluding hydrogens is 440 g/mol. The molecule has 7 heteroatoms. The van der Waals surface area contributed by atoms with Crippen molar-refractivity contribution in [1.82, 2.24) is 19.4 Å². The fourth-order valence-electron chi connectivity index (χ4n) is 4.83.